The molecule has 0 aliphatic rings. The molecule has 0 aliphatic carbocycles. The summed E-state index contributed by atoms with van der Waals surface area (Å²) in [4.78, 5) is 0. The third-order valence-electron chi connectivity index (χ3n) is 3.34. The van der Waals surface area contributed by atoms with Crippen molar-refractivity contribution in [2.75, 3.05) is 12.3 Å². The van der Waals surface area contributed by atoms with Gasteiger partial charge in [-0.1, -0.05) is 12.1 Å². The number of nitrogens with two attached hydrogens (primary N) is 1. The Balaban J connectivity index is 2.09. The van der Waals surface area contributed by atoms with E-state index >= 15 is 0 Å². The van der Waals surface area contributed by atoms with E-state index in [-0.39, 0.29) is 0 Å². The normalized spacial score (nSPS) is 10.8. The van der Waals surface area contributed by atoms with Gasteiger partial charge in [-0.3, -0.25) is 4.68 Å². The minimum absolute atomic E-state index is 0.661. The first-order valence-corrected chi connectivity index (χ1v) is 7.73. The Morgan fingerprint density at radius 1 is 1.19 bits per heavy atom. The molecule has 2 heterocycles. The second-order valence-electron chi connectivity index (χ2n) is 4.70. The highest BCUT2D eigenvalue weighted by Crippen LogP contribution is 2.37. The summed E-state index contributed by atoms with van der Waals surface area (Å²) in [7, 11) is 1.86. The molecule has 0 bridgehead atoms. The molecular weight excluding hydrogens is 282 g/mol. The van der Waals surface area contributed by atoms with Gasteiger partial charge in [0.1, 0.15) is 17.3 Å². The van der Waals surface area contributed by atoms with Crippen molar-refractivity contribution in [2.24, 2.45) is 7.05 Å². The van der Waals surface area contributed by atoms with E-state index in [0.717, 1.165) is 28.1 Å². The van der Waals surface area contributed by atoms with E-state index in [9.17, 15) is 0 Å². The Morgan fingerprint density at radius 2 is 1.95 bits per heavy atom. The first-order valence-electron chi connectivity index (χ1n) is 6.79. The van der Waals surface area contributed by atoms with Gasteiger partial charge >= 0.3 is 0 Å². The van der Waals surface area contributed by atoms with E-state index < -0.39 is 0 Å². The minimum Gasteiger partial charge on any atom is -0.494 e. The number of hydrogen-bond acceptors (Lipinski definition) is 4. The van der Waals surface area contributed by atoms with E-state index in [1.54, 1.807) is 16.0 Å². The maximum atomic E-state index is 6.21. The highest BCUT2D eigenvalue weighted by Gasteiger charge is 2.17. The smallest absolute Gasteiger partial charge is 0.129 e. The zero-order valence-electron chi connectivity index (χ0n) is 12.0. The van der Waals surface area contributed by atoms with Crippen LogP contribution in [-0.2, 0) is 7.05 Å². The number of nitrogens with zero attached hydrogens (tertiary/aromatic N) is 2. The van der Waals surface area contributed by atoms with Gasteiger partial charge in [0.25, 0.3) is 0 Å². The maximum Gasteiger partial charge on any atom is 0.129 e. The number of aryl methyl sites for hydroxylation is 1. The third kappa shape index (κ3) is 2.52. The SMILES string of the molecule is CCOc1ccc(-c2c(-c3ccsc3)nn(C)c2N)cc1. The summed E-state index contributed by atoms with van der Waals surface area (Å²) < 4.78 is 7.21. The zero-order valence-corrected chi connectivity index (χ0v) is 12.9. The molecule has 21 heavy (non-hydrogen) atoms. The first kappa shape index (κ1) is 13.7. The van der Waals surface area contributed by atoms with Gasteiger partial charge in [0, 0.05) is 18.0 Å². The molecule has 0 aliphatic heterocycles. The summed E-state index contributed by atoms with van der Waals surface area (Å²) in [6.45, 7) is 2.64. The van der Waals surface area contributed by atoms with Crippen LogP contribution in [0.25, 0.3) is 22.4 Å². The van der Waals surface area contributed by atoms with E-state index in [0.29, 0.717) is 12.4 Å². The molecule has 5 heteroatoms. The Morgan fingerprint density at radius 3 is 2.57 bits per heavy atom. The molecule has 0 saturated carbocycles. The predicted octanol–water partition coefficient (Wildman–Crippen LogP) is 3.80. The van der Waals surface area contributed by atoms with Crippen molar-refractivity contribution >= 4 is 17.2 Å². The number of hydrogen-bond donors (Lipinski definition) is 1. The fraction of sp³-hybridized carbons (Fsp3) is 0.188. The van der Waals surface area contributed by atoms with Crippen LogP contribution >= 0.6 is 11.3 Å². The van der Waals surface area contributed by atoms with Gasteiger partial charge < -0.3 is 10.5 Å². The second-order valence-corrected chi connectivity index (χ2v) is 5.48. The predicted molar refractivity (Wildman–Crippen MR) is 87.5 cm³/mol. The molecule has 3 rings (SSSR count). The lowest BCUT2D eigenvalue weighted by Crippen LogP contribution is -1.98. The van der Waals surface area contributed by atoms with Crippen LogP contribution in [0.3, 0.4) is 0 Å². The molecule has 0 saturated heterocycles. The lowest BCUT2D eigenvalue weighted by molar-refractivity contribution is 0.340. The van der Waals surface area contributed by atoms with Crippen LogP contribution < -0.4 is 10.5 Å². The van der Waals surface area contributed by atoms with Gasteiger partial charge in [0.05, 0.1) is 12.2 Å². The number of rotatable bonds is 4. The monoisotopic (exact) mass is 299 g/mol. The summed E-state index contributed by atoms with van der Waals surface area (Å²) in [6, 6.07) is 10.0. The number of ether oxygens (including phenoxy) is 1. The van der Waals surface area contributed by atoms with Crippen molar-refractivity contribution in [3.05, 3.63) is 41.1 Å². The summed E-state index contributed by atoms with van der Waals surface area (Å²) in [6.07, 6.45) is 0. The summed E-state index contributed by atoms with van der Waals surface area (Å²) in [5.41, 5.74) is 10.2. The number of thiophene rings is 1. The van der Waals surface area contributed by atoms with E-state index in [4.69, 9.17) is 10.5 Å². The van der Waals surface area contributed by atoms with E-state index in [1.807, 2.05) is 43.6 Å². The van der Waals surface area contributed by atoms with Crippen LogP contribution in [0.2, 0.25) is 0 Å². The zero-order chi connectivity index (χ0) is 14.8. The van der Waals surface area contributed by atoms with Crippen LogP contribution in [0, 0.1) is 0 Å². The molecule has 0 unspecified atom stereocenters. The Bertz CT molecular complexity index is 730. The molecule has 108 valence electrons. The van der Waals surface area contributed by atoms with Crippen LogP contribution in [0.15, 0.2) is 41.1 Å². The molecule has 0 fully saturated rings. The third-order valence-corrected chi connectivity index (χ3v) is 4.02. The van der Waals surface area contributed by atoms with Gasteiger partial charge in [0.15, 0.2) is 0 Å². The van der Waals surface area contributed by atoms with Gasteiger partial charge in [-0.25, -0.2) is 0 Å². The van der Waals surface area contributed by atoms with Gasteiger partial charge in [0.2, 0.25) is 0 Å². The van der Waals surface area contributed by atoms with Crippen molar-refractivity contribution in [1.29, 1.82) is 0 Å². The quantitative estimate of drug-likeness (QED) is 0.797. The largest absolute Gasteiger partial charge is 0.494 e. The molecular formula is C16H17N3OS. The lowest BCUT2D eigenvalue weighted by Gasteiger charge is -2.06. The minimum atomic E-state index is 0.661. The Labute approximate surface area is 127 Å². The Kier molecular flexibility index (Phi) is 3.66. The van der Waals surface area contributed by atoms with Gasteiger partial charge in [-0.05, 0) is 36.1 Å². The summed E-state index contributed by atoms with van der Waals surface area (Å²) in [5.74, 6) is 1.53. The van der Waals surface area contributed by atoms with Crippen molar-refractivity contribution in [1.82, 2.24) is 9.78 Å². The van der Waals surface area contributed by atoms with Crippen molar-refractivity contribution < 1.29 is 4.74 Å². The molecule has 0 atom stereocenters. The maximum absolute atomic E-state index is 6.21. The molecule has 2 N–H and O–H groups in total. The highest BCUT2D eigenvalue weighted by atomic mass is 32.1. The number of anilines is 1. The fourth-order valence-corrected chi connectivity index (χ4v) is 2.95. The van der Waals surface area contributed by atoms with Crippen LogP contribution in [0.4, 0.5) is 5.82 Å². The molecule has 4 nitrogen and oxygen atoms in total. The summed E-state index contributed by atoms with van der Waals surface area (Å²) in [5, 5.41) is 8.68. The number of benzene rings is 1. The summed E-state index contributed by atoms with van der Waals surface area (Å²) >= 11 is 1.65. The fourth-order valence-electron chi connectivity index (χ4n) is 2.31. The van der Waals surface area contributed by atoms with Crippen molar-refractivity contribution in [3.63, 3.8) is 0 Å². The van der Waals surface area contributed by atoms with E-state index in [1.165, 1.54) is 0 Å². The second kappa shape index (κ2) is 5.61. The van der Waals surface area contributed by atoms with Gasteiger partial charge in [-0.15, -0.1) is 0 Å². The molecule has 0 radical (unpaired) electrons. The highest BCUT2D eigenvalue weighted by molar-refractivity contribution is 7.08. The number of nitrogen functional groups attached to an aromatic ring is 1. The average molecular weight is 299 g/mol. The molecule has 0 amide bonds. The van der Waals surface area contributed by atoms with Crippen LogP contribution in [0.5, 0.6) is 5.75 Å². The van der Waals surface area contributed by atoms with E-state index in [2.05, 4.69) is 16.5 Å². The number of aromatic nitrogens is 2. The van der Waals surface area contributed by atoms with Gasteiger partial charge in [-0.2, -0.15) is 16.4 Å². The van der Waals surface area contributed by atoms with Crippen molar-refractivity contribution in [3.8, 4) is 28.1 Å². The molecule has 3 aromatic rings. The molecule has 1 aromatic carbocycles. The van der Waals surface area contributed by atoms with Crippen molar-refractivity contribution in [2.45, 2.75) is 6.92 Å². The lowest BCUT2D eigenvalue weighted by atomic mass is 10.0. The first-order chi connectivity index (χ1) is 10.2. The standard InChI is InChI=1S/C16H17N3OS/c1-3-20-13-6-4-11(5-7-13)14-15(12-8-9-21-10-12)18-19(2)16(14)17/h4-10H,3,17H2,1-2H3. The topological polar surface area (TPSA) is 53.1 Å². The van der Waals surface area contributed by atoms with Crippen LogP contribution in [-0.4, -0.2) is 16.4 Å². The molecule has 2 aromatic heterocycles. The van der Waals surface area contributed by atoms with Crippen LogP contribution in [0.1, 0.15) is 6.92 Å². The Hall–Kier alpha value is -2.27. The average Bonchev–Trinajstić information content (AvgIpc) is 3.10. The molecule has 0 spiro atoms.